The van der Waals surface area contributed by atoms with Gasteiger partial charge in [-0.1, -0.05) is 0 Å². The van der Waals surface area contributed by atoms with Crippen LogP contribution in [0, 0.1) is 17.0 Å². The zero-order chi connectivity index (χ0) is 14.9. The average molecular weight is 283 g/mol. The fourth-order valence-electron chi connectivity index (χ4n) is 2.38. The van der Waals surface area contributed by atoms with Crippen molar-refractivity contribution in [2.24, 2.45) is 0 Å². The summed E-state index contributed by atoms with van der Waals surface area (Å²) >= 11 is 0. The standard InChI is InChI=1S/C11H17N5O4/c1-6-9(16(17)18)10(14-11(12)13-6)15-4-7(19-2)8(5-15)20-3/h7-8H,4-5H2,1-3H3,(H2,12,13,14). The highest BCUT2D eigenvalue weighted by atomic mass is 16.6. The third kappa shape index (κ3) is 2.49. The molecule has 1 saturated heterocycles. The van der Waals surface area contributed by atoms with Crippen LogP contribution in [0.3, 0.4) is 0 Å². The Morgan fingerprint density at radius 3 is 2.30 bits per heavy atom. The van der Waals surface area contributed by atoms with Gasteiger partial charge in [0.05, 0.1) is 4.92 Å². The number of nitrogens with two attached hydrogens (primary N) is 1. The van der Waals surface area contributed by atoms with Crippen molar-refractivity contribution in [1.82, 2.24) is 9.97 Å². The molecule has 0 bridgehead atoms. The highest BCUT2D eigenvalue weighted by Crippen LogP contribution is 2.32. The van der Waals surface area contributed by atoms with Gasteiger partial charge in [-0.15, -0.1) is 0 Å². The van der Waals surface area contributed by atoms with Crippen LogP contribution in [-0.2, 0) is 9.47 Å². The normalized spacial score (nSPS) is 22.2. The summed E-state index contributed by atoms with van der Waals surface area (Å²) in [5, 5.41) is 11.2. The minimum atomic E-state index is -0.494. The van der Waals surface area contributed by atoms with E-state index >= 15 is 0 Å². The molecule has 1 fully saturated rings. The summed E-state index contributed by atoms with van der Waals surface area (Å²) in [6.45, 7) is 2.44. The first kappa shape index (κ1) is 14.4. The second-order valence-corrected chi connectivity index (χ2v) is 4.55. The highest BCUT2D eigenvalue weighted by Gasteiger charge is 2.37. The molecule has 2 atom stereocenters. The topological polar surface area (TPSA) is 117 Å². The van der Waals surface area contributed by atoms with Gasteiger partial charge in [-0.3, -0.25) is 10.1 Å². The van der Waals surface area contributed by atoms with E-state index in [9.17, 15) is 10.1 Å². The van der Waals surface area contributed by atoms with Crippen LogP contribution in [0.2, 0.25) is 0 Å². The number of rotatable bonds is 4. The molecule has 9 heteroatoms. The number of nitro groups is 1. The van der Waals surface area contributed by atoms with E-state index in [2.05, 4.69) is 9.97 Å². The molecule has 1 aliphatic heterocycles. The van der Waals surface area contributed by atoms with E-state index in [1.807, 2.05) is 0 Å². The van der Waals surface area contributed by atoms with Crippen molar-refractivity contribution in [2.45, 2.75) is 19.1 Å². The Bertz CT molecular complexity index is 512. The molecule has 1 aliphatic rings. The molecule has 0 amide bonds. The number of ether oxygens (including phenoxy) is 2. The van der Waals surface area contributed by atoms with E-state index in [0.717, 1.165) is 0 Å². The van der Waals surface area contributed by atoms with Gasteiger partial charge in [-0.05, 0) is 6.92 Å². The van der Waals surface area contributed by atoms with Crippen LogP contribution < -0.4 is 10.6 Å². The maximum absolute atomic E-state index is 11.2. The lowest BCUT2D eigenvalue weighted by Crippen LogP contribution is -2.27. The molecule has 2 N–H and O–H groups in total. The Labute approximate surface area is 115 Å². The minimum Gasteiger partial charge on any atom is -0.377 e. The van der Waals surface area contributed by atoms with Gasteiger partial charge in [0.1, 0.15) is 17.9 Å². The van der Waals surface area contributed by atoms with Crippen molar-refractivity contribution in [1.29, 1.82) is 0 Å². The molecular formula is C11H17N5O4. The molecule has 1 aromatic heterocycles. The van der Waals surface area contributed by atoms with Gasteiger partial charge in [0.2, 0.25) is 11.8 Å². The second kappa shape index (κ2) is 5.55. The number of methoxy groups -OCH3 is 2. The van der Waals surface area contributed by atoms with Crippen molar-refractivity contribution >= 4 is 17.5 Å². The summed E-state index contributed by atoms with van der Waals surface area (Å²) in [5.41, 5.74) is 5.71. The first-order valence-corrected chi connectivity index (χ1v) is 6.07. The van der Waals surface area contributed by atoms with Crippen LogP contribution in [0.1, 0.15) is 5.69 Å². The van der Waals surface area contributed by atoms with Crippen molar-refractivity contribution in [3.63, 3.8) is 0 Å². The number of aryl methyl sites for hydroxylation is 1. The molecule has 2 rings (SSSR count). The Morgan fingerprint density at radius 2 is 1.85 bits per heavy atom. The number of hydrogen-bond donors (Lipinski definition) is 1. The van der Waals surface area contributed by atoms with Crippen LogP contribution in [0.25, 0.3) is 0 Å². The molecule has 9 nitrogen and oxygen atoms in total. The molecule has 0 saturated carbocycles. The van der Waals surface area contributed by atoms with Gasteiger partial charge in [0, 0.05) is 27.3 Å². The third-order valence-corrected chi connectivity index (χ3v) is 3.36. The quantitative estimate of drug-likeness (QED) is 0.612. The predicted octanol–water partition coefficient (Wildman–Crippen LogP) is 0.125. The van der Waals surface area contributed by atoms with Gasteiger partial charge in [0.15, 0.2) is 0 Å². The lowest BCUT2D eigenvalue weighted by molar-refractivity contribution is -0.385. The molecule has 20 heavy (non-hydrogen) atoms. The summed E-state index contributed by atoms with van der Waals surface area (Å²) < 4.78 is 10.6. The Kier molecular flexibility index (Phi) is 4.00. The SMILES string of the molecule is COC1CN(c2nc(N)nc(C)c2[N+](=O)[O-])CC1OC. The molecular weight excluding hydrogens is 266 g/mol. The van der Waals surface area contributed by atoms with Crippen molar-refractivity contribution in [3.05, 3.63) is 15.8 Å². The molecule has 2 unspecified atom stereocenters. The van der Waals surface area contributed by atoms with Crippen molar-refractivity contribution in [3.8, 4) is 0 Å². The van der Waals surface area contributed by atoms with Crippen LogP contribution in [0.15, 0.2) is 0 Å². The summed E-state index contributed by atoms with van der Waals surface area (Å²) in [5.74, 6) is 0.222. The number of aromatic nitrogens is 2. The summed E-state index contributed by atoms with van der Waals surface area (Å²) in [6, 6.07) is 0. The monoisotopic (exact) mass is 283 g/mol. The van der Waals surface area contributed by atoms with E-state index in [-0.39, 0.29) is 35.4 Å². The lowest BCUT2D eigenvalue weighted by atomic mass is 10.3. The van der Waals surface area contributed by atoms with Crippen LogP contribution >= 0.6 is 0 Å². The van der Waals surface area contributed by atoms with E-state index in [0.29, 0.717) is 13.1 Å². The van der Waals surface area contributed by atoms with E-state index in [1.54, 1.807) is 19.1 Å². The maximum atomic E-state index is 11.2. The highest BCUT2D eigenvalue weighted by molar-refractivity contribution is 5.62. The Balaban J connectivity index is 2.40. The van der Waals surface area contributed by atoms with Crippen molar-refractivity contribution < 1.29 is 14.4 Å². The largest absolute Gasteiger partial charge is 0.377 e. The van der Waals surface area contributed by atoms with Crippen molar-refractivity contribution in [2.75, 3.05) is 37.9 Å². The lowest BCUT2D eigenvalue weighted by Gasteiger charge is -2.17. The molecule has 0 aromatic carbocycles. The number of nitrogen functional groups attached to an aromatic ring is 1. The average Bonchev–Trinajstić information content (AvgIpc) is 2.80. The van der Waals surface area contributed by atoms with Gasteiger partial charge < -0.3 is 20.1 Å². The van der Waals surface area contributed by atoms with Crippen LogP contribution in [0.5, 0.6) is 0 Å². The first-order chi connectivity index (χ1) is 9.47. The predicted molar refractivity (Wildman–Crippen MR) is 71.6 cm³/mol. The Hall–Kier alpha value is -2.00. The molecule has 1 aromatic rings. The van der Waals surface area contributed by atoms with Gasteiger partial charge in [-0.25, -0.2) is 4.98 Å². The first-order valence-electron chi connectivity index (χ1n) is 6.07. The van der Waals surface area contributed by atoms with E-state index in [1.165, 1.54) is 6.92 Å². The second-order valence-electron chi connectivity index (χ2n) is 4.55. The minimum absolute atomic E-state index is 0.0120. The zero-order valence-corrected chi connectivity index (χ0v) is 11.6. The zero-order valence-electron chi connectivity index (χ0n) is 11.6. The summed E-state index contributed by atoms with van der Waals surface area (Å²) in [4.78, 5) is 20.3. The number of hydrogen-bond acceptors (Lipinski definition) is 8. The van der Waals surface area contributed by atoms with Crippen LogP contribution in [0.4, 0.5) is 17.5 Å². The molecule has 0 aliphatic carbocycles. The molecule has 2 heterocycles. The van der Waals surface area contributed by atoms with Gasteiger partial charge >= 0.3 is 5.69 Å². The fraction of sp³-hybridized carbons (Fsp3) is 0.636. The summed E-state index contributed by atoms with van der Waals surface area (Å²) in [7, 11) is 3.16. The van der Waals surface area contributed by atoms with Gasteiger partial charge in [-0.2, -0.15) is 4.98 Å². The molecule has 110 valence electrons. The fourth-order valence-corrected chi connectivity index (χ4v) is 2.38. The molecule has 0 spiro atoms. The smallest absolute Gasteiger partial charge is 0.332 e. The van der Waals surface area contributed by atoms with E-state index in [4.69, 9.17) is 15.2 Å². The number of nitrogens with zero attached hydrogens (tertiary/aromatic N) is 4. The Morgan fingerprint density at radius 1 is 1.30 bits per heavy atom. The van der Waals surface area contributed by atoms with Crippen LogP contribution in [-0.4, -0.2) is 54.4 Å². The van der Waals surface area contributed by atoms with E-state index < -0.39 is 4.92 Å². The summed E-state index contributed by atoms with van der Waals surface area (Å²) in [6.07, 6.45) is -0.341. The van der Waals surface area contributed by atoms with Gasteiger partial charge in [0.25, 0.3) is 0 Å². The maximum Gasteiger partial charge on any atom is 0.332 e. The molecule has 0 radical (unpaired) electrons. The third-order valence-electron chi connectivity index (χ3n) is 3.36. The number of anilines is 2.